The average molecular weight is 508 g/mol. The Hall–Kier alpha value is -2.21. The van der Waals surface area contributed by atoms with Gasteiger partial charge in [-0.15, -0.1) is 0 Å². The van der Waals surface area contributed by atoms with Crippen molar-refractivity contribution in [3.8, 4) is 0 Å². The van der Waals surface area contributed by atoms with Crippen LogP contribution in [-0.4, -0.2) is 104 Å². The minimum atomic E-state index is -3.68. The van der Waals surface area contributed by atoms with Crippen LogP contribution in [0.15, 0.2) is 24.3 Å². The van der Waals surface area contributed by atoms with Crippen molar-refractivity contribution in [3.63, 3.8) is 0 Å². The van der Waals surface area contributed by atoms with E-state index in [-0.39, 0.29) is 31.5 Å². The lowest BCUT2D eigenvalue weighted by Gasteiger charge is -2.38. The molecule has 1 N–H and O–H groups in total. The Balaban J connectivity index is 1.23. The molecule has 3 heterocycles. The summed E-state index contributed by atoms with van der Waals surface area (Å²) in [5, 5.41) is 3.03. The lowest BCUT2D eigenvalue weighted by Crippen LogP contribution is -2.56. The van der Waals surface area contributed by atoms with Crippen LogP contribution in [0, 0.1) is 5.92 Å². The van der Waals surface area contributed by atoms with Crippen LogP contribution in [0.25, 0.3) is 0 Å². The molecule has 2 saturated heterocycles. The van der Waals surface area contributed by atoms with Gasteiger partial charge in [0.05, 0.1) is 12.5 Å². The molecular weight excluding hydrogens is 470 g/mol. The monoisotopic (exact) mass is 507 g/mol. The second-order valence-electron chi connectivity index (χ2n) is 9.38. The molecule has 35 heavy (non-hydrogen) atoms. The highest BCUT2D eigenvalue weighted by atomic mass is 32.2. The van der Waals surface area contributed by atoms with Crippen LogP contribution in [0.5, 0.6) is 0 Å². The summed E-state index contributed by atoms with van der Waals surface area (Å²) in [6.07, 6.45) is 1.95. The van der Waals surface area contributed by atoms with E-state index in [0.29, 0.717) is 45.6 Å². The molecule has 1 atom stereocenters. The smallest absolute Gasteiger partial charge is 0.409 e. The molecule has 0 aliphatic carbocycles. The Kier molecular flexibility index (Phi) is 8.64. The Bertz CT molecular complexity index is 996. The van der Waals surface area contributed by atoms with Crippen molar-refractivity contribution < 1.29 is 22.7 Å². The van der Waals surface area contributed by atoms with Crippen LogP contribution in [0.2, 0.25) is 0 Å². The summed E-state index contributed by atoms with van der Waals surface area (Å²) in [7, 11) is -3.68. The van der Waals surface area contributed by atoms with E-state index >= 15 is 0 Å². The number of nitrogens with one attached hydrogen (secondary N) is 1. The first-order chi connectivity index (χ1) is 16.9. The van der Waals surface area contributed by atoms with Crippen LogP contribution in [0.3, 0.4) is 0 Å². The summed E-state index contributed by atoms with van der Waals surface area (Å²) in [6, 6.07) is 8.48. The number of benzene rings is 1. The fourth-order valence-electron chi connectivity index (χ4n) is 5.07. The number of fused-ring (bicyclic) bond motifs is 1. The number of hydrogen-bond acceptors (Lipinski definition) is 6. The number of carbonyl (C=O) groups is 2. The van der Waals surface area contributed by atoms with Crippen molar-refractivity contribution in [2.24, 2.45) is 5.92 Å². The van der Waals surface area contributed by atoms with E-state index in [1.54, 1.807) is 6.92 Å². The van der Waals surface area contributed by atoms with E-state index in [1.807, 2.05) is 0 Å². The second kappa shape index (κ2) is 11.7. The molecule has 3 aliphatic heterocycles. The normalized spacial score (nSPS) is 22.4. The molecule has 0 spiro atoms. The SMILES string of the molecule is CCOC(=O)N1CCN(S(=O)(=O)N2CCC[C@H](C(=O)NCCN3CCc4ccccc4C3)C2)CC1. The van der Waals surface area contributed by atoms with Gasteiger partial charge in [-0.3, -0.25) is 9.69 Å². The molecule has 3 aliphatic rings. The summed E-state index contributed by atoms with van der Waals surface area (Å²) in [4.78, 5) is 28.6. The van der Waals surface area contributed by atoms with Gasteiger partial charge < -0.3 is 15.0 Å². The van der Waals surface area contributed by atoms with E-state index < -0.39 is 16.3 Å². The van der Waals surface area contributed by atoms with E-state index in [1.165, 1.54) is 24.6 Å². The highest BCUT2D eigenvalue weighted by molar-refractivity contribution is 7.86. The Labute approximate surface area is 208 Å². The first-order valence-corrected chi connectivity index (χ1v) is 14.0. The number of carbonyl (C=O) groups excluding carboxylic acids is 2. The Morgan fingerprint density at radius 2 is 1.77 bits per heavy atom. The van der Waals surface area contributed by atoms with Crippen molar-refractivity contribution in [3.05, 3.63) is 35.4 Å². The molecule has 0 bridgehead atoms. The third-order valence-corrected chi connectivity index (χ3v) is 9.11. The van der Waals surface area contributed by atoms with Gasteiger partial charge in [0.2, 0.25) is 5.91 Å². The molecule has 11 heteroatoms. The van der Waals surface area contributed by atoms with Crippen molar-refractivity contribution in [1.29, 1.82) is 0 Å². The van der Waals surface area contributed by atoms with Gasteiger partial charge in [-0.1, -0.05) is 24.3 Å². The first-order valence-electron chi connectivity index (χ1n) is 12.6. The van der Waals surface area contributed by atoms with Gasteiger partial charge in [-0.05, 0) is 37.3 Å². The summed E-state index contributed by atoms with van der Waals surface area (Å²) in [5.74, 6) is -0.420. The van der Waals surface area contributed by atoms with Crippen LogP contribution in [-0.2, 0) is 32.7 Å². The maximum atomic E-state index is 13.2. The zero-order valence-electron chi connectivity index (χ0n) is 20.5. The molecule has 2 amide bonds. The van der Waals surface area contributed by atoms with Crippen LogP contribution >= 0.6 is 0 Å². The minimum Gasteiger partial charge on any atom is -0.450 e. The Morgan fingerprint density at radius 3 is 2.51 bits per heavy atom. The van der Waals surface area contributed by atoms with Crippen molar-refractivity contribution in [1.82, 2.24) is 23.7 Å². The standard InChI is InChI=1S/C24H37N5O5S/c1-2-34-24(31)27-14-16-28(17-15-27)35(32,33)29-11-5-8-22(19-29)23(30)25-10-13-26-12-9-20-6-3-4-7-21(20)18-26/h3-4,6-7,22H,2,5,8-19H2,1H3,(H,25,30)/t22-/m0/s1. The quantitative estimate of drug-likeness (QED) is 0.588. The van der Waals surface area contributed by atoms with Crippen molar-refractivity contribution in [2.45, 2.75) is 32.7 Å². The van der Waals surface area contributed by atoms with Crippen LogP contribution in [0.4, 0.5) is 4.79 Å². The predicted octanol–water partition coefficient (Wildman–Crippen LogP) is 0.892. The predicted molar refractivity (Wildman–Crippen MR) is 132 cm³/mol. The van der Waals surface area contributed by atoms with E-state index in [4.69, 9.17) is 4.74 Å². The number of piperazine rings is 1. The van der Waals surface area contributed by atoms with E-state index in [0.717, 1.165) is 26.1 Å². The molecule has 0 saturated carbocycles. The minimum absolute atomic E-state index is 0.0746. The maximum Gasteiger partial charge on any atom is 0.409 e. The Morgan fingerprint density at radius 1 is 1.03 bits per heavy atom. The lowest BCUT2D eigenvalue weighted by molar-refractivity contribution is -0.126. The van der Waals surface area contributed by atoms with Gasteiger partial charge in [0, 0.05) is 65.4 Å². The number of piperidine rings is 1. The molecular formula is C24H37N5O5S. The topological polar surface area (TPSA) is 102 Å². The van der Waals surface area contributed by atoms with E-state index in [9.17, 15) is 18.0 Å². The summed E-state index contributed by atoms with van der Waals surface area (Å²) in [6.45, 7) is 6.92. The molecule has 0 unspecified atom stereocenters. The zero-order chi connectivity index (χ0) is 24.8. The van der Waals surface area contributed by atoms with Gasteiger partial charge in [0.15, 0.2) is 0 Å². The molecule has 1 aromatic carbocycles. The third kappa shape index (κ3) is 6.32. The summed E-state index contributed by atoms with van der Waals surface area (Å²) >= 11 is 0. The summed E-state index contributed by atoms with van der Waals surface area (Å²) < 4.78 is 34.3. The van der Waals surface area contributed by atoms with Crippen molar-refractivity contribution in [2.75, 3.05) is 65.5 Å². The molecule has 4 rings (SSSR count). The molecule has 0 radical (unpaired) electrons. The largest absolute Gasteiger partial charge is 0.450 e. The average Bonchev–Trinajstić information content (AvgIpc) is 2.89. The van der Waals surface area contributed by atoms with Crippen LogP contribution in [0.1, 0.15) is 30.9 Å². The number of ether oxygens (including phenoxy) is 1. The van der Waals surface area contributed by atoms with Gasteiger partial charge in [-0.2, -0.15) is 17.0 Å². The fourth-order valence-corrected chi connectivity index (χ4v) is 6.75. The van der Waals surface area contributed by atoms with Gasteiger partial charge in [0.1, 0.15) is 0 Å². The number of rotatable bonds is 7. The molecule has 10 nitrogen and oxygen atoms in total. The highest BCUT2D eigenvalue weighted by Crippen LogP contribution is 2.23. The van der Waals surface area contributed by atoms with Crippen LogP contribution < -0.4 is 5.32 Å². The number of hydrogen-bond donors (Lipinski definition) is 1. The number of amides is 2. The van der Waals surface area contributed by atoms with Crippen molar-refractivity contribution >= 4 is 22.2 Å². The third-order valence-electron chi connectivity index (χ3n) is 7.11. The summed E-state index contributed by atoms with van der Waals surface area (Å²) in [5.41, 5.74) is 2.75. The first kappa shape index (κ1) is 25.9. The second-order valence-corrected chi connectivity index (χ2v) is 11.3. The highest BCUT2D eigenvalue weighted by Gasteiger charge is 2.37. The van der Waals surface area contributed by atoms with E-state index in [2.05, 4.69) is 34.5 Å². The molecule has 2 fully saturated rings. The van der Waals surface area contributed by atoms with Gasteiger partial charge in [0.25, 0.3) is 10.2 Å². The maximum absolute atomic E-state index is 13.2. The zero-order valence-corrected chi connectivity index (χ0v) is 21.3. The van der Waals surface area contributed by atoms with Gasteiger partial charge >= 0.3 is 6.09 Å². The molecule has 1 aromatic rings. The fraction of sp³-hybridized carbons (Fsp3) is 0.667. The lowest BCUT2D eigenvalue weighted by atomic mass is 9.98. The molecule has 0 aromatic heterocycles. The number of nitrogens with zero attached hydrogens (tertiary/aromatic N) is 4. The van der Waals surface area contributed by atoms with Gasteiger partial charge in [-0.25, -0.2) is 4.79 Å². The molecule has 194 valence electrons.